The minimum Gasteiger partial charge on any atom is -0.494 e. The van der Waals surface area contributed by atoms with Crippen molar-refractivity contribution < 1.29 is 9.13 Å². The van der Waals surface area contributed by atoms with Crippen LogP contribution < -0.4 is 10.1 Å². The SMILES string of the molecule is CNCc1nccn1Cc1ccc(OC)c(F)c1. The third-order valence-electron chi connectivity index (χ3n) is 2.71. The molecule has 0 aliphatic rings. The molecule has 0 fully saturated rings. The molecule has 0 unspecified atom stereocenters. The van der Waals surface area contributed by atoms with E-state index < -0.39 is 0 Å². The number of nitrogens with one attached hydrogen (secondary N) is 1. The number of rotatable bonds is 5. The average molecular weight is 249 g/mol. The van der Waals surface area contributed by atoms with Crippen molar-refractivity contribution in [1.29, 1.82) is 0 Å². The average Bonchev–Trinajstić information content (AvgIpc) is 2.78. The van der Waals surface area contributed by atoms with Crippen LogP contribution in [-0.2, 0) is 13.1 Å². The number of benzene rings is 1. The summed E-state index contributed by atoms with van der Waals surface area (Å²) in [5.41, 5.74) is 0.878. The summed E-state index contributed by atoms with van der Waals surface area (Å²) in [6.45, 7) is 1.28. The Labute approximate surface area is 105 Å². The van der Waals surface area contributed by atoms with Crippen molar-refractivity contribution in [1.82, 2.24) is 14.9 Å². The van der Waals surface area contributed by atoms with Crippen LogP contribution in [0.15, 0.2) is 30.6 Å². The lowest BCUT2D eigenvalue weighted by atomic mass is 10.2. The number of halogens is 1. The van der Waals surface area contributed by atoms with Gasteiger partial charge in [-0.05, 0) is 24.7 Å². The van der Waals surface area contributed by atoms with Gasteiger partial charge in [-0.15, -0.1) is 0 Å². The highest BCUT2D eigenvalue weighted by atomic mass is 19.1. The molecule has 1 heterocycles. The van der Waals surface area contributed by atoms with Crippen molar-refractivity contribution in [3.05, 3.63) is 47.8 Å². The van der Waals surface area contributed by atoms with Gasteiger partial charge in [-0.3, -0.25) is 0 Å². The Balaban J connectivity index is 2.18. The van der Waals surface area contributed by atoms with Crippen LogP contribution in [0, 0.1) is 5.82 Å². The zero-order valence-corrected chi connectivity index (χ0v) is 10.5. The van der Waals surface area contributed by atoms with Crippen LogP contribution >= 0.6 is 0 Å². The van der Waals surface area contributed by atoms with E-state index in [-0.39, 0.29) is 11.6 Å². The zero-order chi connectivity index (χ0) is 13.0. The Kier molecular flexibility index (Phi) is 3.94. The van der Waals surface area contributed by atoms with Gasteiger partial charge in [0.2, 0.25) is 0 Å². The number of hydrogen-bond acceptors (Lipinski definition) is 3. The minimum atomic E-state index is -0.342. The third kappa shape index (κ3) is 2.68. The summed E-state index contributed by atoms with van der Waals surface area (Å²) in [5.74, 6) is 0.846. The highest BCUT2D eigenvalue weighted by Gasteiger charge is 2.06. The topological polar surface area (TPSA) is 39.1 Å². The van der Waals surface area contributed by atoms with Crippen LogP contribution in [0.4, 0.5) is 4.39 Å². The molecule has 4 nitrogen and oxygen atoms in total. The molecule has 0 amide bonds. The van der Waals surface area contributed by atoms with Crippen LogP contribution in [-0.4, -0.2) is 23.7 Å². The predicted octanol–water partition coefficient (Wildman–Crippen LogP) is 1.80. The second kappa shape index (κ2) is 5.64. The fourth-order valence-corrected chi connectivity index (χ4v) is 1.81. The molecule has 0 bridgehead atoms. The number of imidazole rings is 1. The van der Waals surface area contributed by atoms with Gasteiger partial charge in [-0.25, -0.2) is 9.37 Å². The van der Waals surface area contributed by atoms with Crippen LogP contribution in [0.1, 0.15) is 11.4 Å². The van der Waals surface area contributed by atoms with Gasteiger partial charge < -0.3 is 14.6 Å². The lowest BCUT2D eigenvalue weighted by Crippen LogP contribution is -2.12. The van der Waals surface area contributed by atoms with Crippen molar-refractivity contribution in [2.75, 3.05) is 14.2 Å². The van der Waals surface area contributed by atoms with Gasteiger partial charge in [0.15, 0.2) is 11.6 Å². The first-order chi connectivity index (χ1) is 8.74. The number of nitrogens with zero attached hydrogens (tertiary/aromatic N) is 2. The van der Waals surface area contributed by atoms with E-state index in [1.54, 1.807) is 12.3 Å². The Morgan fingerprint density at radius 2 is 2.28 bits per heavy atom. The lowest BCUT2D eigenvalue weighted by Gasteiger charge is -2.09. The van der Waals surface area contributed by atoms with Gasteiger partial charge in [-0.2, -0.15) is 0 Å². The molecule has 0 spiro atoms. The molecule has 5 heteroatoms. The molecular formula is C13H16FN3O. The number of aromatic nitrogens is 2. The normalized spacial score (nSPS) is 10.6. The van der Waals surface area contributed by atoms with Crippen LogP contribution in [0.2, 0.25) is 0 Å². The second-order valence-corrected chi connectivity index (χ2v) is 3.97. The molecule has 1 aromatic heterocycles. The van der Waals surface area contributed by atoms with E-state index in [9.17, 15) is 4.39 Å². The van der Waals surface area contributed by atoms with E-state index >= 15 is 0 Å². The van der Waals surface area contributed by atoms with Crippen molar-refractivity contribution >= 4 is 0 Å². The van der Waals surface area contributed by atoms with E-state index in [1.165, 1.54) is 13.2 Å². The van der Waals surface area contributed by atoms with E-state index in [1.807, 2.05) is 23.9 Å². The summed E-state index contributed by atoms with van der Waals surface area (Å²) in [5, 5.41) is 3.05. The highest BCUT2D eigenvalue weighted by molar-refractivity contribution is 5.29. The Bertz CT molecular complexity index is 525. The maximum atomic E-state index is 13.6. The van der Waals surface area contributed by atoms with Gasteiger partial charge in [-0.1, -0.05) is 6.07 Å². The van der Waals surface area contributed by atoms with Gasteiger partial charge >= 0.3 is 0 Å². The molecule has 0 saturated heterocycles. The maximum absolute atomic E-state index is 13.6. The molecule has 1 aromatic carbocycles. The van der Waals surface area contributed by atoms with Crippen molar-refractivity contribution in [2.24, 2.45) is 0 Å². The van der Waals surface area contributed by atoms with E-state index in [0.717, 1.165) is 11.4 Å². The molecule has 0 aliphatic carbocycles. The molecule has 1 N–H and O–H groups in total. The molecule has 0 aliphatic heterocycles. The first kappa shape index (κ1) is 12.6. The zero-order valence-electron chi connectivity index (χ0n) is 10.5. The quantitative estimate of drug-likeness (QED) is 0.878. The molecule has 0 radical (unpaired) electrons. The van der Waals surface area contributed by atoms with Gasteiger partial charge in [0.25, 0.3) is 0 Å². The largest absolute Gasteiger partial charge is 0.494 e. The van der Waals surface area contributed by atoms with E-state index in [4.69, 9.17) is 4.74 Å². The molecule has 2 aromatic rings. The minimum absolute atomic E-state index is 0.264. The van der Waals surface area contributed by atoms with Crippen molar-refractivity contribution in [3.8, 4) is 5.75 Å². The van der Waals surface area contributed by atoms with Gasteiger partial charge in [0.05, 0.1) is 13.7 Å². The van der Waals surface area contributed by atoms with Crippen molar-refractivity contribution in [3.63, 3.8) is 0 Å². The monoisotopic (exact) mass is 249 g/mol. The number of hydrogen-bond donors (Lipinski definition) is 1. The molecular weight excluding hydrogens is 233 g/mol. The van der Waals surface area contributed by atoms with Crippen molar-refractivity contribution in [2.45, 2.75) is 13.1 Å². The summed E-state index contributed by atoms with van der Waals surface area (Å²) >= 11 is 0. The number of ether oxygens (including phenoxy) is 1. The summed E-state index contributed by atoms with van der Waals surface area (Å²) in [6.07, 6.45) is 3.63. The standard InChI is InChI=1S/C13H16FN3O/c1-15-8-13-16-5-6-17(13)9-10-3-4-12(18-2)11(14)7-10/h3-7,15H,8-9H2,1-2H3. The lowest BCUT2D eigenvalue weighted by molar-refractivity contribution is 0.386. The summed E-state index contributed by atoms with van der Waals surface area (Å²) in [4.78, 5) is 4.24. The van der Waals surface area contributed by atoms with E-state index in [2.05, 4.69) is 10.3 Å². The summed E-state index contributed by atoms with van der Waals surface area (Å²) < 4.78 is 20.4. The fourth-order valence-electron chi connectivity index (χ4n) is 1.81. The van der Waals surface area contributed by atoms with Gasteiger partial charge in [0, 0.05) is 18.9 Å². The molecule has 18 heavy (non-hydrogen) atoms. The number of methoxy groups -OCH3 is 1. The van der Waals surface area contributed by atoms with Crippen LogP contribution in [0.5, 0.6) is 5.75 Å². The summed E-state index contributed by atoms with van der Waals surface area (Å²) in [6, 6.07) is 4.98. The van der Waals surface area contributed by atoms with E-state index in [0.29, 0.717) is 13.1 Å². The van der Waals surface area contributed by atoms with Gasteiger partial charge in [0.1, 0.15) is 5.82 Å². The third-order valence-corrected chi connectivity index (χ3v) is 2.71. The smallest absolute Gasteiger partial charge is 0.165 e. The molecule has 0 saturated carbocycles. The Morgan fingerprint density at radius 3 is 2.94 bits per heavy atom. The second-order valence-electron chi connectivity index (χ2n) is 3.97. The fraction of sp³-hybridized carbons (Fsp3) is 0.308. The first-order valence-corrected chi connectivity index (χ1v) is 5.71. The molecule has 0 atom stereocenters. The summed E-state index contributed by atoms with van der Waals surface area (Å²) in [7, 11) is 3.32. The highest BCUT2D eigenvalue weighted by Crippen LogP contribution is 2.18. The van der Waals surface area contributed by atoms with Crippen LogP contribution in [0.25, 0.3) is 0 Å². The molecule has 96 valence electrons. The predicted molar refractivity (Wildman–Crippen MR) is 67.0 cm³/mol. The first-order valence-electron chi connectivity index (χ1n) is 5.71. The van der Waals surface area contributed by atoms with Crippen LogP contribution in [0.3, 0.4) is 0 Å². The maximum Gasteiger partial charge on any atom is 0.165 e. The molecule has 2 rings (SSSR count). The Hall–Kier alpha value is -1.88. The Morgan fingerprint density at radius 1 is 1.44 bits per heavy atom.